The molecule has 2 aliphatic rings. The molecule has 216 valence electrons. The summed E-state index contributed by atoms with van der Waals surface area (Å²) in [5.41, 5.74) is 11.6. The lowest BCUT2D eigenvalue weighted by atomic mass is 9.84. The molecule has 0 heterocycles. The largest absolute Gasteiger partial charge is 0.310 e. The third-order valence-corrected chi connectivity index (χ3v) is 9.85. The summed E-state index contributed by atoms with van der Waals surface area (Å²) in [6, 6.07) is 47.7. The minimum atomic E-state index is 0.706. The first-order chi connectivity index (χ1) is 21.3. The molecule has 2 saturated carbocycles. The Morgan fingerprint density at radius 2 is 0.744 bits per heavy atom. The summed E-state index contributed by atoms with van der Waals surface area (Å²) < 4.78 is 0. The lowest BCUT2D eigenvalue weighted by Crippen LogP contribution is -2.12. The molecular weight excluding hydrogens is 518 g/mol. The van der Waals surface area contributed by atoms with Gasteiger partial charge in [-0.2, -0.15) is 0 Å². The van der Waals surface area contributed by atoms with E-state index >= 15 is 0 Å². The molecule has 0 spiro atoms. The average Bonchev–Trinajstić information content (AvgIpc) is 3.10. The molecule has 0 aromatic heterocycles. The van der Waals surface area contributed by atoms with E-state index in [1.165, 1.54) is 115 Å². The highest BCUT2D eigenvalue weighted by molar-refractivity contribution is 5.85. The molecule has 5 aromatic carbocycles. The van der Waals surface area contributed by atoms with Gasteiger partial charge < -0.3 is 4.90 Å². The van der Waals surface area contributed by atoms with Crippen LogP contribution in [-0.4, -0.2) is 0 Å². The Labute approximate surface area is 258 Å². The number of nitrogens with zero attached hydrogens (tertiary/aromatic N) is 1. The lowest BCUT2D eigenvalue weighted by molar-refractivity contribution is 0.443. The fraction of sp³-hybridized carbons (Fsp3) is 0.286. The third kappa shape index (κ3) is 6.32. The van der Waals surface area contributed by atoms with Crippen LogP contribution in [0.4, 0.5) is 17.1 Å². The van der Waals surface area contributed by atoms with E-state index in [-0.39, 0.29) is 0 Å². The van der Waals surface area contributed by atoms with Crippen LogP contribution >= 0.6 is 0 Å². The zero-order chi connectivity index (χ0) is 28.8. The molecule has 7 rings (SSSR count). The van der Waals surface area contributed by atoms with Crippen molar-refractivity contribution in [2.75, 3.05) is 4.90 Å². The summed E-state index contributed by atoms with van der Waals surface area (Å²) in [6.45, 7) is 0. The van der Waals surface area contributed by atoms with Crippen molar-refractivity contribution < 1.29 is 0 Å². The van der Waals surface area contributed by atoms with Gasteiger partial charge in [0.2, 0.25) is 0 Å². The standard InChI is InChI=1S/C42H43N/c1-5-13-32(14-6-1)36-21-25-40(26-22-36)43(41-27-23-37(24-28-41)33-15-7-2-8-16-33)42-30-38(34-17-9-3-10-18-34)29-39(31-42)35-19-11-4-12-20-35/h3-4,9-12,17-33H,1-2,5-8,13-16H2. The van der Waals surface area contributed by atoms with Gasteiger partial charge in [0.25, 0.3) is 0 Å². The Balaban J connectivity index is 1.33. The molecule has 2 aliphatic carbocycles. The van der Waals surface area contributed by atoms with Crippen LogP contribution in [0.1, 0.15) is 87.2 Å². The topological polar surface area (TPSA) is 3.24 Å². The van der Waals surface area contributed by atoms with Crippen molar-refractivity contribution in [3.63, 3.8) is 0 Å². The summed E-state index contributed by atoms with van der Waals surface area (Å²) in [5, 5.41) is 0. The van der Waals surface area contributed by atoms with Crippen LogP contribution in [0.3, 0.4) is 0 Å². The zero-order valence-electron chi connectivity index (χ0n) is 25.3. The molecule has 0 bridgehead atoms. The van der Waals surface area contributed by atoms with Crippen LogP contribution in [0.2, 0.25) is 0 Å². The molecule has 2 fully saturated rings. The summed E-state index contributed by atoms with van der Waals surface area (Å²) in [6.07, 6.45) is 13.5. The van der Waals surface area contributed by atoms with Crippen molar-refractivity contribution >= 4 is 17.1 Å². The number of hydrogen-bond donors (Lipinski definition) is 0. The summed E-state index contributed by atoms with van der Waals surface area (Å²) >= 11 is 0. The maximum atomic E-state index is 2.47. The van der Waals surface area contributed by atoms with Crippen LogP contribution in [0.25, 0.3) is 22.3 Å². The van der Waals surface area contributed by atoms with Crippen LogP contribution in [-0.2, 0) is 0 Å². The van der Waals surface area contributed by atoms with Gasteiger partial charge in [-0.1, -0.05) is 123 Å². The highest BCUT2D eigenvalue weighted by atomic mass is 15.1. The number of anilines is 3. The molecule has 43 heavy (non-hydrogen) atoms. The van der Waals surface area contributed by atoms with Crippen LogP contribution in [0, 0.1) is 0 Å². The molecular formula is C42H43N. The Bertz CT molecular complexity index is 1470. The summed E-state index contributed by atoms with van der Waals surface area (Å²) in [7, 11) is 0. The fourth-order valence-electron chi connectivity index (χ4n) is 7.44. The van der Waals surface area contributed by atoms with Gasteiger partial charge in [0.05, 0.1) is 0 Å². The van der Waals surface area contributed by atoms with E-state index < -0.39 is 0 Å². The van der Waals surface area contributed by atoms with Gasteiger partial charge in [-0.25, -0.2) is 0 Å². The van der Waals surface area contributed by atoms with E-state index in [4.69, 9.17) is 0 Å². The average molecular weight is 562 g/mol. The van der Waals surface area contributed by atoms with Gasteiger partial charge in [0.15, 0.2) is 0 Å². The molecule has 1 heteroatoms. The summed E-state index contributed by atoms with van der Waals surface area (Å²) in [4.78, 5) is 2.47. The monoisotopic (exact) mass is 561 g/mol. The summed E-state index contributed by atoms with van der Waals surface area (Å²) in [5.74, 6) is 1.41. The normalized spacial score (nSPS) is 16.2. The predicted molar refractivity (Wildman–Crippen MR) is 184 cm³/mol. The Morgan fingerprint density at radius 1 is 0.349 bits per heavy atom. The molecule has 0 aliphatic heterocycles. The Morgan fingerprint density at radius 3 is 1.14 bits per heavy atom. The maximum absolute atomic E-state index is 2.47. The van der Waals surface area contributed by atoms with Gasteiger partial charge in [-0.3, -0.25) is 0 Å². The molecule has 0 unspecified atom stereocenters. The van der Waals surface area contributed by atoms with Crippen molar-refractivity contribution in [1.29, 1.82) is 0 Å². The highest BCUT2D eigenvalue weighted by Crippen LogP contribution is 2.42. The smallest absolute Gasteiger partial charge is 0.0473 e. The van der Waals surface area contributed by atoms with Gasteiger partial charge in [0, 0.05) is 17.1 Å². The number of rotatable bonds is 7. The Hall–Kier alpha value is -4.10. The first kappa shape index (κ1) is 27.7. The van der Waals surface area contributed by atoms with E-state index in [1.54, 1.807) is 0 Å². The minimum Gasteiger partial charge on any atom is -0.310 e. The second-order valence-electron chi connectivity index (χ2n) is 12.7. The van der Waals surface area contributed by atoms with E-state index in [1.807, 2.05) is 0 Å². The molecule has 0 atom stereocenters. The first-order valence-electron chi connectivity index (χ1n) is 16.6. The minimum absolute atomic E-state index is 0.706. The molecule has 0 saturated heterocycles. The van der Waals surface area contributed by atoms with Crippen molar-refractivity contribution in [2.45, 2.75) is 76.0 Å². The SMILES string of the molecule is c1ccc(-c2cc(-c3ccccc3)cc(N(c3ccc(C4CCCCC4)cc3)c3ccc(C4CCCCC4)cc3)c2)cc1. The number of benzene rings is 5. The van der Waals surface area contributed by atoms with E-state index in [9.17, 15) is 0 Å². The van der Waals surface area contributed by atoms with Crippen molar-refractivity contribution in [2.24, 2.45) is 0 Å². The molecule has 0 radical (unpaired) electrons. The quantitative estimate of drug-likeness (QED) is 0.191. The van der Waals surface area contributed by atoms with Crippen molar-refractivity contribution in [3.8, 4) is 22.3 Å². The van der Waals surface area contributed by atoms with Crippen LogP contribution in [0.5, 0.6) is 0 Å². The zero-order valence-corrected chi connectivity index (χ0v) is 25.3. The fourth-order valence-corrected chi connectivity index (χ4v) is 7.44. The van der Waals surface area contributed by atoms with E-state index in [2.05, 4.69) is 132 Å². The van der Waals surface area contributed by atoms with E-state index in [0.717, 1.165) is 0 Å². The molecule has 0 amide bonds. The van der Waals surface area contributed by atoms with Gasteiger partial charge in [-0.05, 0) is 113 Å². The van der Waals surface area contributed by atoms with Gasteiger partial charge in [-0.15, -0.1) is 0 Å². The van der Waals surface area contributed by atoms with Crippen molar-refractivity contribution in [1.82, 2.24) is 0 Å². The second-order valence-corrected chi connectivity index (χ2v) is 12.7. The lowest BCUT2D eigenvalue weighted by Gasteiger charge is -2.29. The predicted octanol–water partition coefficient (Wildman–Crippen LogP) is 12.6. The second kappa shape index (κ2) is 13.0. The molecule has 0 N–H and O–H groups in total. The van der Waals surface area contributed by atoms with Gasteiger partial charge >= 0.3 is 0 Å². The molecule has 5 aromatic rings. The molecule has 1 nitrogen and oxygen atoms in total. The number of hydrogen-bond acceptors (Lipinski definition) is 1. The van der Waals surface area contributed by atoms with E-state index in [0.29, 0.717) is 11.8 Å². The highest BCUT2D eigenvalue weighted by Gasteiger charge is 2.20. The van der Waals surface area contributed by atoms with Crippen LogP contribution < -0.4 is 4.90 Å². The van der Waals surface area contributed by atoms with Crippen LogP contribution in [0.15, 0.2) is 127 Å². The Kier molecular flexibility index (Phi) is 8.41. The van der Waals surface area contributed by atoms with Gasteiger partial charge in [0.1, 0.15) is 0 Å². The maximum Gasteiger partial charge on any atom is 0.0473 e. The first-order valence-corrected chi connectivity index (χ1v) is 16.6. The third-order valence-electron chi connectivity index (χ3n) is 9.85. The van der Waals surface area contributed by atoms with Crippen molar-refractivity contribution in [3.05, 3.63) is 139 Å².